The van der Waals surface area contributed by atoms with Crippen LogP contribution < -0.4 is 0 Å². The Kier molecular flexibility index (Phi) is 5.53. The highest BCUT2D eigenvalue weighted by atomic mass is 16.6. The Morgan fingerprint density at radius 3 is 2.13 bits per heavy atom. The predicted molar refractivity (Wildman–Crippen MR) is 114 cm³/mol. The summed E-state index contributed by atoms with van der Waals surface area (Å²) in [5, 5.41) is 33.9. The van der Waals surface area contributed by atoms with E-state index in [2.05, 4.69) is 0 Å². The van der Waals surface area contributed by atoms with Gasteiger partial charge in [0.2, 0.25) is 0 Å². The maximum absolute atomic E-state index is 12.1. The summed E-state index contributed by atoms with van der Waals surface area (Å²) in [6.07, 6.45) is 1.59. The minimum atomic E-state index is -1.28. The van der Waals surface area contributed by atoms with Crippen molar-refractivity contribution >= 4 is 5.69 Å². The summed E-state index contributed by atoms with van der Waals surface area (Å²) in [5.41, 5.74) is 0.444. The third-order valence-electron chi connectivity index (χ3n) is 5.96. The van der Waals surface area contributed by atoms with Gasteiger partial charge >= 0.3 is 0 Å². The molecule has 0 amide bonds. The van der Waals surface area contributed by atoms with Crippen LogP contribution in [0.25, 0.3) is 0 Å². The van der Waals surface area contributed by atoms with Crippen LogP contribution >= 0.6 is 0 Å². The van der Waals surface area contributed by atoms with Crippen molar-refractivity contribution in [2.75, 3.05) is 6.54 Å². The van der Waals surface area contributed by atoms with Crippen molar-refractivity contribution in [3.8, 4) is 5.75 Å². The highest BCUT2D eigenvalue weighted by Crippen LogP contribution is 2.42. The maximum Gasteiger partial charge on any atom is 0.277 e. The lowest BCUT2D eigenvalue weighted by Crippen LogP contribution is -2.48. The van der Waals surface area contributed by atoms with E-state index in [1.54, 1.807) is 0 Å². The molecular weight excluding hydrogens is 380 g/mol. The average molecular weight is 404 g/mol. The van der Waals surface area contributed by atoms with Crippen molar-refractivity contribution in [2.24, 2.45) is 0 Å². The first-order chi connectivity index (χ1) is 14.5. The summed E-state index contributed by atoms with van der Waals surface area (Å²) in [5.74, 6) is -0.0992. The molecular formula is C24H24N2O4. The van der Waals surface area contributed by atoms with E-state index in [1.165, 1.54) is 18.2 Å². The van der Waals surface area contributed by atoms with E-state index in [0.29, 0.717) is 6.54 Å². The quantitative estimate of drug-likeness (QED) is 0.475. The second-order valence-corrected chi connectivity index (χ2v) is 7.66. The summed E-state index contributed by atoms with van der Waals surface area (Å²) >= 11 is 0. The Morgan fingerprint density at radius 1 is 0.967 bits per heavy atom. The number of nitro benzene ring substituents is 1. The van der Waals surface area contributed by atoms with E-state index in [4.69, 9.17) is 0 Å². The van der Waals surface area contributed by atoms with Crippen LogP contribution in [-0.2, 0) is 12.1 Å². The molecule has 6 nitrogen and oxygen atoms in total. The molecule has 154 valence electrons. The van der Waals surface area contributed by atoms with E-state index in [0.717, 1.165) is 24.0 Å². The van der Waals surface area contributed by atoms with E-state index >= 15 is 0 Å². The van der Waals surface area contributed by atoms with Crippen molar-refractivity contribution in [1.29, 1.82) is 0 Å². The van der Waals surface area contributed by atoms with Gasteiger partial charge in [-0.05, 0) is 36.6 Å². The number of nitro groups is 1. The number of benzene rings is 3. The van der Waals surface area contributed by atoms with Gasteiger partial charge in [-0.1, -0.05) is 66.7 Å². The molecule has 6 heteroatoms. The molecule has 1 aliphatic rings. The number of rotatable bonds is 6. The van der Waals surface area contributed by atoms with E-state index < -0.39 is 10.5 Å². The molecule has 0 radical (unpaired) electrons. The lowest BCUT2D eigenvalue weighted by molar-refractivity contribution is -0.385. The van der Waals surface area contributed by atoms with Crippen molar-refractivity contribution in [2.45, 2.75) is 31.0 Å². The number of aliphatic hydroxyl groups is 1. The fourth-order valence-corrected chi connectivity index (χ4v) is 4.52. The van der Waals surface area contributed by atoms with Crippen LogP contribution in [0.3, 0.4) is 0 Å². The van der Waals surface area contributed by atoms with Crippen LogP contribution in [0.2, 0.25) is 0 Å². The zero-order valence-corrected chi connectivity index (χ0v) is 16.5. The van der Waals surface area contributed by atoms with Crippen molar-refractivity contribution < 1.29 is 15.1 Å². The summed E-state index contributed by atoms with van der Waals surface area (Å²) in [7, 11) is 0. The topological polar surface area (TPSA) is 86.8 Å². The standard InChI is InChI=1S/C24H24N2O4/c27-22-14-7-13-21(26(29)30)20(22)17-25-16-8-15-23(25)24(28,18-9-3-1-4-10-18)19-11-5-2-6-12-19/h1-7,9-14,23,27-28H,8,15-17H2/t23-/m1/s1. The first kappa shape index (κ1) is 20.1. The molecule has 1 atom stereocenters. The Hall–Kier alpha value is -3.22. The second kappa shape index (κ2) is 8.26. The largest absolute Gasteiger partial charge is 0.507 e. The van der Waals surface area contributed by atoms with Crippen LogP contribution in [-0.4, -0.2) is 32.6 Å². The molecule has 0 spiro atoms. The molecule has 3 aromatic carbocycles. The fraction of sp³-hybridized carbons (Fsp3) is 0.250. The van der Waals surface area contributed by atoms with Crippen LogP contribution in [0.4, 0.5) is 5.69 Å². The number of phenols is 1. The molecule has 0 aliphatic carbocycles. The lowest BCUT2D eigenvalue weighted by Gasteiger charge is -2.40. The first-order valence-corrected chi connectivity index (χ1v) is 10.0. The van der Waals surface area contributed by atoms with Crippen molar-refractivity contribution in [3.05, 3.63) is 106 Å². The summed E-state index contributed by atoms with van der Waals surface area (Å²) in [6, 6.07) is 23.1. The number of aromatic hydroxyl groups is 1. The lowest BCUT2D eigenvalue weighted by atomic mass is 9.79. The Balaban J connectivity index is 1.77. The number of phenolic OH excluding ortho intramolecular Hbond substituents is 1. The van der Waals surface area contributed by atoms with Gasteiger partial charge in [-0.3, -0.25) is 15.0 Å². The highest BCUT2D eigenvalue weighted by Gasteiger charge is 2.45. The van der Waals surface area contributed by atoms with Gasteiger partial charge in [-0.15, -0.1) is 0 Å². The van der Waals surface area contributed by atoms with Gasteiger partial charge in [-0.2, -0.15) is 0 Å². The zero-order chi connectivity index (χ0) is 21.1. The Bertz CT molecular complexity index is 984. The van der Waals surface area contributed by atoms with Gasteiger partial charge < -0.3 is 10.2 Å². The normalized spacial score (nSPS) is 17.2. The maximum atomic E-state index is 12.1. The van der Waals surface area contributed by atoms with Crippen molar-refractivity contribution in [1.82, 2.24) is 4.90 Å². The van der Waals surface area contributed by atoms with Gasteiger partial charge in [0.15, 0.2) is 0 Å². The minimum absolute atomic E-state index is 0.0992. The average Bonchev–Trinajstić information content (AvgIpc) is 3.24. The molecule has 1 heterocycles. The van der Waals surface area contributed by atoms with Gasteiger partial charge in [0.1, 0.15) is 11.4 Å². The molecule has 4 rings (SSSR count). The Labute approximate surface area is 175 Å². The second-order valence-electron chi connectivity index (χ2n) is 7.66. The monoisotopic (exact) mass is 404 g/mol. The first-order valence-electron chi connectivity index (χ1n) is 10.0. The Morgan fingerprint density at radius 2 is 1.57 bits per heavy atom. The molecule has 2 N–H and O–H groups in total. The highest BCUT2D eigenvalue weighted by molar-refractivity contribution is 5.49. The molecule has 1 fully saturated rings. The smallest absolute Gasteiger partial charge is 0.277 e. The van der Waals surface area contributed by atoms with Gasteiger partial charge in [0, 0.05) is 18.7 Å². The predicted octanol–water partition coefficient (Wildman–Crippen LogP) is 4.20. The van der Waals surface area contributed by atoms with Crippen LogP contribution in [0, 0.1) is 10.1 Å². The van der Waals surface area contributed by atoms with Gasteiger partial charge in [0.05, 0.1) is 10.5 Å². The minimum Gasteiger partial charge on any atom is -0.507 e. The molecule has 30 heavy (non-hydrogen) atoms. The summed E-state index contributed by atoms with van der Waals surface area (Å²) < 4.78 is 0. The van der Waals surface area contributed by atoms with E-state index in [-0.39, 0.29) is 29.6 Å². The summed E-state index contributed by atoms with van der Waals surface area (Å²) in [4.78, 5) is 13.1. The van der Waals surface area contributed by atoms with E-state index in [9.17, 15) is 20.3 Å². The van der Waals surface area contributed by atoms with Crippen LogP contribution in [0.5, 0.6) is 5.75 Å². The van der Waals surface area contributed by atoms with Crippen LogP contribution in [0.1, 0.15) is 29.5 Å². The SMILES string of the molecule is O=[N+]([O-])c1cccc(O)c1CN1CCC[C@@H]1C(O)(c1ccccc1)c1ccccc1. The van der Waals surface area contributed by atoms with Gasteiger partial charge in [-0.25, -0.2) is 0 Å². The van der Waals surface area contributed by atoms with E-state index in [1.807, 2.05) is 65.6 Å². The summed E-state index contributed by atoms with van der Waals surface area (Å²) in [6.45, 7) is 0.869. The van der Waals surface area contributed by atoms with Crippen LogP contribution in [0.15, 0.2) is 78.9 Å². The van der Waals surface area contributed by atoms with Gasteiger partial charge in [0.25, 0.3) is 5.69 Å². The third-order valence-corrected chi connectivity index (χ3v) is 5.96. The number of nitrogens with zero attached hydrogens (tertiary/aromatic N) is 2. The molecule has 3 aromatic rings. The number of hydrogen-bond donors (Lipinski definition) is 2. The molecule has 0 aromatic heterocycles. The molecule has 1 saturated heterocycles. The fourth-order valence-electron chi connectivity index (χ4n) is 4.52. The zero-order valence-electron chi connectivity index (χ0n) is 16.5. The molecule has 0 unspecified atom stereocenters. The number of hydrogen-bond acceptors (Lipinski definition) is 5. The molecule has 0 saturated carbocycles. The third kappa shape index (κ3) is 3.56. The molecule has 0 bridgehead atoms. The van der Waals surface area contributed by atoms with Crippen molar-refractivity contribution in [3.63, 3.8) is 0 Å². The molecule has 1 aliphatic heterocycles. The number of likely N-dealkylation sites (tertiary alicyclic amines) is 1.